The topological polar surface area (TPSA) is 49.6 Å². The van der Waals surface area contributed by atoms with Crippen LogP contribution in [0.2, 0.25) is 0 Å². The van der Waals surface area contributed by atoms with Crippen molar-refractivity contribution in [1.82, 2.24) is 9.80 Å². The lowest BCUT2D eigenvalue weighted by atomic mass is 9.86. The third-order valence-corrected chi connectivity index (χ3v) is 4.10. The van der Waals surface area contributed by atoms with Gasteiger partial charge in [-0.1, -0.05) is 27.7 Å². The summed E-state index contributed by atoms with van der Waals surface area (Å²) in [5.41, 5.74) is 5.88. The van der Waals surface area contributed by atoms with Gasteiger partial charge < -0.3 is 15.5 Å². The van der Waals surface area contributed by atoms with Crippen molar-refractivity contribution in [3.05, 3.63) is 0 Å². The monoisotopic (exact) mass is 255 g/mol. The summed E-state index contributed by atoms with van der Waals surface area (Å²) in [6, 6.07) is -0.0552. The molecule has 0 bridgehead atoms. The predicted octanol–water partition coefficient (Wildman–Crippen LogP) is 1.30. The number of likely N-dealkylation sites (tertiary alicyclic amines) is 1. The fraction of sp³-hybridized carbons (Fsp3) is 0.929. The molecule has 0 saturated carbocycles. The van der Waals surface area contributed by atoms with Crippen molar-refractivity contribution in [2.24, 2.45) is 11.1 Å². The zero-order valence-corrected chi connectivity index (χ0v) is 12.6. The lowest BCUT2D eigenvalue weighted by molar-refractivity contribution is -0.136. The second-order valence-electron chi connectivity index (χ2n) is 6.46. The second-order valence-corrected chi connectivity index (χ2v) is 6.46. The minimum absolute atomic E-state index is 0.0810. The molecule has 106 valence electrons. The summed E-state index contributed by atoms with van der Waals surface area (Å²) in [5.74, 6) is 0.0810. The number of likely N-dealkylation sites (N-methyl/N-ethyl adjacent to an activating group) is 1. The van der Waals surface area contributed by atoms with E-state index in [1.54, 1.807) is 0 Å². The lowest BCUT2D eigenvalue weighted by Gasteiger charge is -2.39. The molecule has 1 fully saturated rings. The first-order valence-corrected chi connectivity index (χ1v) is 7.02. The number of piperidine rings is 1. The van der Waals surface area contributed by atoms with E-state index < -0.39 is 6.04 Å². The maximum atomic E-state index is 12.3. The van der Waals surface area contributed by atoms with E-state index >= 15 is 0 Å². The van der Waals surface area contributed by atoms with E-state index in [0.29, 0.717) is 6.04 Å². The first-order valence-electron chi connectivity index (χ1n) is 7.02. The zero-order valence-electron chi connectivity index (χ0n) is 12.6. The van der Waals surface area contributed by atoms with Gasteiger partial charge in [-0.05, 0) is 24.8 Å². The van der Waals surface area contributed by atoms with Crippen LogP contribution in [0.5, 0.6) is 0 Å². The molecule has 1 atom stereocenters. The zero-order chi connectivity index (χ0) is 13.9. The molecule has 0 aromatic rings. The summed E-state index contributed by atoms with van der Waals surface area (Å²) in [5, 5.41) is 0. The van der Waals surface area contributed by atoms with E-state index in [0.717, 1.165) is 32.5 Å². The summed E-state index contributed by atoms with van der Waals surface area (Å²) in [7, 11) is 1.90. The van der Waals surface area contributed by atoms with Gasteiger partial charge in [0.1, 0.15) is 0 Å². The van der Waals surface area contributed by atoms with Crippen LogP contribution in [0, 0.1) is 5.41 Å². The Hall–Kier alpha value is -0.610. The smallest absolute Gasteiger partial charge is 0.240 e. The minimum atomic E-state index is -0.410. The number of carbonyl (C=O) groups is 1. The van der Waals surface area contributed by atoms with Crippen LogP contribution in [0.1, 0.15) is 40.5 Å². The maximum absolute atomic E-state index is 12.3. The molecule has 2 N–H and O–H groups in total. The molecule has 1 aliphatic heterocycles. The molecule has 0 aromatic heterocycles. The number of nitrogens with two attached hydrogens (primary N) is 1. The molecule has 1 heterocycles. The predicted molar refractivity (Wildman–Crippen MR) is 75.3 cm³/mol. The summed E-state index contributed by atoms with van der Waals surface area (Å²) >= 11 is 0. The van der Waals surface area contributed by atoms with Crippen molar-refractivity contribution in [3.63, 3.8) is 0 Å². The lowest BCUT2D eigenvalue weighted by Crippen LogP contribution is -2.54. The molecule has 0 radical (unpaired) electrons. The van der Waals surface area contributed by atoms with Crippen LogP contribution >= 0.6 is 0 Å². The highest BCUT2D eigenvalue weighted by Gasteiger charge is 2.33. The summed E-state index contributed by atoms with van der Waals surface area (Å²) < 4.78 is 0. The Morgan fingerprint density at radius 1 is 1.39 bits per heavy atom. The van der Waals surface area contributed by atoms with Crippen molar-refractivity contribution in [1.29, 1.82) is 0 Å². The van der Waals surface area contributed by atoms with Gasteiger partial charge >= 0.3 is 0 Å². The molecule has 1 amide bonds. The normalized spacial score (nSPS) is 20.8. The Morgan fingerprint density at radius 2 is 1.89 bits per heavy atom. The minimum Gasteiger partial charge on any atom is -0.341 e. The first kappa shape index (κ1) is 15.4. The highest BCUT2D eigenvalue weighted by atomic mass is 16.2. The first-order chi connectivity index (χ1) is 8.27. The molecule has 1 aliphatic rings. The fourth-order valence-electron chi connectivity index (χ4n) is 2.39. The molecule has 1 rings (SSSR count). The van der Waals surface area contributed by atoms with Crippen LogP contribution in [0.25, 0.3) is 0 Å². The van der Waals surface area contributed by atoms with Crippen LogP contribution in [0.3, 0.4) is 0 Å². The number of amides is 1. The van der Waals surface area contributed by atoms with Crippen molar-refractivity contribution < 1.29 is 4.79 Å². The van der Waals surface area contributed by atoms with Crippen molar-refractivity contribution in [2.45, 2.75) is 52.6 Å². The van der Waals surface area contributed by atoms with Crippen LogP contribution < -0.4 is 5.73 Å². The van der Waals surface area contributed by atoms with E-state index in [9.17, 15) is 4.79 Å². The van der Waals surface area contributed by atoms with Gasteiger partial charge in [-0.15, -0.1) is 0 Å². The van der Waals surface area contributed by atoms with Gasteiger partial charge in [0.15, 0.2) is 0 Å². The van der Waals surface area contributed by atoms with Gasteiger partial charge in [-0.25, -0.2) is 0 Å². The molecule has 0 spiro atoms. The van der Waals surface area contributed by atoms with Gasteiger partial charge in [0.05, 0.1) is 6.04 Å². The second kappa shape index (κ2) is 6.02. The molecule has 4 heteroatoms. The number of hydrogen-bond donors (Lipinski definition) is 1. The summed E-state index contributed by atoms with van der Waals surface area (Å²) in [6.45, 7) is 11.5. The SMILES string of the molecule is CCN1CCC(N(C)C(=O)[C@H](N)C(C)(C)C)CC1. The highest BCUT2D eigenvalue weighted by molar-refractivity contribution is 5.82. The Balaban J connectivity index is 2.55. The van der Waals surface area contributed by atoms with E-state index in [2.05, 4.69) is 11.8 Å². The van der Waals surface area contributed by atoms with Crippen LogP contribution in [0.15, 0.2) is 0 Å². The van der Waals surface area contributed by atoms with Crippen LogP contribution in [-0.2, 0) is 4.79 Å². The van der Waals surface area contributed by atoms with Gasteiger partial charge in [0, 0.05) is 26.2 Å². The Morgan fingerprint density at radius 3 is 2.28 bits per heavy atom. The van der Waals surface area contributed by atoms with Crippen LogP contribution in [-0.4, -0.2) is 54.5 Å². The molecular weight excluding hydrogens is 226 g/mol. The maximum Gasteiger partial charge on any atom is 0.240 e. The third kappa shape index (κ3) is 3.69. The molecule has 0 aliphatic carbocycles. The Labute approximate surface area is 111 Å². The average molecular weight is 255 g/mol. The quantitative estimate of drug-likeness (QED) is 0.827. The van der Waals surface area contributed by atoms with E-state index in [1.165, 1.54) is 0 Å². The number of rotatable bonds is 3. The van der Waals surface area contributed by atoms with Gasteiger partial charge in [0.2, 0.25) is 5.91 Å². The van der Waals surface area contributed by atoms with Gasteiger partial charge in [-0.3, -0.25) is 4.79 Å². The van der Waals surface area contributed by atoms with Crippen molar-refractivity contribution in [2.75, 3.05) is 26.7 Å². The van der Waals surface area contributed by atoms with Gasteiger partial charge in [-0.2, -0.15) is 0 Å². The number of hydrogen-bond acceptors (Lipinski definition) is 3. The molecule has 18 heavy (non-hydrogen) atoms. The molecule has 1 saturated heterocycles. The Kier molecular flexibility index (Phi) is 5.17. The molecule has 0 unspecified atom stereocenters. The number of carbonyl (C=O) groups excluding carboxylic acids is 1. The van der Waals surface area contributed by atoms with E-state index in [-0.39, 0.29) is 11.3 Å². The van der Waals surface area contributed by atoms with E-state index in [4.69, 9.17) is 5.73 Å². The van der Waals surface area contributed by atoms with E-state index in [1.807, 2.05) is 32.7 Å². The highest BCUT2D eigenvalue weighted by Crippen LogP contribution is 2.22. The van der Waals surface area contributed by atoms with Crippen LogP contribution in [0.4, 0.5) is 0 Å². The number of nitrogens with zero attached hydrogens (tertiary/aromatic N) is 2. The molecular formula is C14H29N3O. The largest absolute Gasteiger partial charge is 0.341 e. The van der Waals surface area contributed by atoms with Gasteiger partial charge in [0.25, 0.3) is 0 Å². The summed E-state index contributed by atoms with van der Waals surface area (Å²) in [6.07, 6.45) is 2.12. The standard InChI is InChI=1S/C14H29N3O/c1-6-17-9-7-11(8-10-17)16(5)13(18)12(15)14(2,3)4/h11-12H,6-10,15H2,1-5H3/t12-/m0/s1. The van der Waals surface area contributed by atoms with Crippen molar-refractivity contribution in [3.8, 4) is 0 Å². The van der Waals surface area contributed by atoms with Crippen molar-refractivity contribution >= 4 is 5.91 Å². The summed E-state index contributed by atoms with van der Waals surface area (Å²) in [4.78, 5) is 16.6. The third-order valence-electron chi connectivity index (χ3n) is 4.10. The molecule has 4 nitrogen and oxygen atoms in total. The fourth-order valence-corrected chi connectivity index (χ4v) is 2.39. The molecule has 0 aromatic carbocycles. The average Bonchev–Trinajstić information content (AvgIpc) is 2.35. The Bertz CT molecular complexity index is 277.